The molecule has 0 radical (unpaired) electrons. The summed E-state index contributed by atoms with van der Waals surface area (Å²) in [5.41, 5.74) is 0. The van der Waals surface area contributed by atoms with Gasteiger partial charge in [0.25, 0.3) is 0 Å². The van der Waals surface area contributed by atoms with Crippen LogP contribution in [-0.2, 0) is 4.79 Å². The summed E-state index contributed by atoms with van der Waals surface area (Å²) in [6, 6.07) is 1.98. The van der Waals surface area contributed by atoms with Crippen molar-refractivity contribution in [3.8, 4) is 0 Å². The fourth-order valence-electron chi connectivity index (χ4n) is 1.75. The number of hydrogen-bond donors (Lipinski definition) is 1. The molecule has 1 aliphatic heterocycles. The smallest absolute Gasteiger partial charge is 0.318 e. The van der Waals surface area contributed by atoms with Crippen LogP contribution >= 0.6 is 27.3 Å². The number of rotatable bonds is 4. The van der Waals surface area contributed by atoms with Crippen LogP contribution in [0.2, 0.25) is 0 Å². The average Bonchev–Trinajstić information content (AvgIpc) is 2.82. The zero-order valence-corrected chi connectivity index (χ0v) is 11.8. The lowest BCUT2D eigenvalue weighted by molar-refractivity contribution is -0.117. The van der Waals surface area contributed by atoms with Gasteiger partial charge < -0.3 is 10.2 Å². The number of halogens is 1. The van der Waals surface area contributed by atoms with Crippen LogP contribution in [0.5, 0.6) is 0 Å². The van der Waals surface area contributed by atoms with Gasteiger partial charge in [-0.3, -0.25) is 4.79 Å². The van der Waals surface area contributed by atoms with Gasteiger partial charge >= 0.3 is 6.03 Å². The number of nitrogens with zero attached hydrogens (tertiary/aromatic N) is 1. The van der Waals surface area contributed by atoms with E-state index in [0.717, 1.165) is 9.35 Å². The monoisotopic (exact) mass is 316 g/mol. The third kappa shape index (κ3) is 3.07. The Labute approximate surface area is 112 Å². The number of urea groups is 1. The van der Waals surface area contributed by atoms with E-state index in [1.165, 1.54) is 0 Å². The maximum absolute atomic E-state index is 11.7. The van der Waals surface area contributed by atoms with Gasteiger partial charge in [0.1, 0.15) is 5.78 Å². The third-order valence-electron chi connectivity index (χ3n) is 2.65. The molecule has 1 aliphatic rings. The van der Waals surface area contributed by atoms with Gasteiger partial charge in [-0.1, -0.05) is 0 Å². The fourth-order valence-corrected chi connectivity index (χ4v) is 3.23. The molecule has 0 aromatic carbocycles. The summed E-state index contributed by atoms with van der Waals surface area (Å²) < 4.78 is 1.04. The largest absolute Gasteiger partial charge is 0.329 e. The Bertz CT molecular complexity index is 446. The Morgan fingerprint density at radius 3 is 3.06 bits per heavy atom. The molecule has 92 valence electrons. The van der Waals surface area contributed by atoms with Crippen molar-refractivity contribution in [2.45, 2.75) is 19.4 Å². The summed E-state index contributed by atoms with van der Waals surface area (Å²) in [7, 11) is 0. The van der Waals surface area contributed by atoms with E-state index < -0.39 is 0 Å². The summed E-state index contributed by atoms with van der Waals surface area (Å²) in [6.45, 7) is 2.69. The SMILES string of the molecule is CC(=O)CCN1CC(c2cc(Br)cs2)NC1=O. The second-order valence-electron chi connectivity index (χ2n) is 4.07. The highest BCUT2D eigenvalue weighted by atomic mass is 79.9. The summed E-state index contributed by atoms with van der Waals surface area (Å²) in [4.78, 5) is 25.4. The van der Waals surface area contributed by atoms with Crippen molar-refractivity contribution < 1.29 is 9.59 Å². The van der Waals surface area contributed by atoms with Gasteiger partial charge in [-0.2, -0.15) is 0 Å². The molecule has 1 aromatic heterocycles. The molecule has 0 spiro atoms. The summed E-state index contributed by atoms with van der Waals surface area (Å²) >= 11 is 5.02. The molecule has 1 N–H and O–H groups in total. The van der Waals surface area contributed by atoms with Gasteiger partial charge in [-0.25, -0.2) is 4.79 Å². The van der Waals surface area contributed by atoms with E-state index in [0.29, 0.717) is 19.5 Å². The number of Topliss-reactive ketones (excluding diaryl/α,β-unsaturated/α-hetero) is 1. The van der Waals surface area contributed by atoms with E-state index in [9.17, 15) is 9.59 Å². The van der Waals surface area contributed by atoms with Crippen molar-refractivity contribution in [1.29, 1.82) is 0 Å². The van der Waals surface area contributed by atoms with Crippen molar-refractivity contribution in [3.63, 3.8) is 0 Å². The molecule has 1 saturated heterocycles. The first-order valence-corrected chi connectivity index (χ1v) is 7.02. The highest BCUT2D eigenvalue weighted by molar-refractivity contribution is 9.10. The molecule has 0 saturated carbocycles. The van der Waals surface area contributed by atoms with Crippen molar-refractivity contribution in [2.75, 3.05) is 13.1 Å². The fraction of sp³-hybridized carbons (Fsp3) is 0.455. The number of thiophene rings is 1. The number of hydrogen-bond acceptors (Lipinski definition) is 3. The number of ketones is 1. The first-order chi connectivity index (χ1) is 8.06. The standard InChI is InChI=1S/C11H13BrN2O2S/c1-7(15)2-3-14-5-9(13-11(14)16)10-4-8(12)6-17-10/h4,6,9H,2-3,5H2,1H3,(H,13,16). The maximum atomic E-state index is 11.7. The van der Waals surface area contributed by atoms with Crippen LogP contribution in [-0.4, -0.2) is 29.8 Å². The van der Waals surface area contributed by atoms with Crippen LogP contribution in [0.1, 0.15) is 24.3 Å². The molecule has 2 amide bonds. The molecule has 17 heavy (non-hydrogen) atoms. The predicted octanol–water partition coefficient (Wildman–Crippen LogP) is 2.56. The Balaban J connectivity index is 1.97. The lowest BCUT2D eigenvalue weighted by Gasteiger charge is -2.12. The molecule has 0 aliphatic carbocycles. The van der Waals surface area contributed by atoms with Gasteiger partial charge in [0.05, 0.1) is 6.04 Å². The Hall–Kier alpha value is -0.880. The normalized spacial score (nSPS) is 19.5. The Kier molecular flexibility index (Phi) is 3.83. The van der Waals surface area contributed by atoms with Gasteiger partial charge in [-0.15, -0.1) is 11.3 Å². The molecule has 2 heterocycles. The highest BCUT2D eigenvalue weighted by Gasteiger charge is 2.30. The number of nitrogens with one attached hydrogen (secondary N) is 1. The van der Waals surface area contributed by atoms with Crippen LogP contribution < -0.4 is 5.32 Å². The average molecular weight is 317 g/mol. The van der Waals surface area contributed by atoms with Gasteiger partial charge in [0, 0.05) is 34.2 Å². The van der Waals surface area contributed by atoms with Crippen LogP contribution in [0.4, 0.5) is 4.79 Å². The van der Waals surface area contributed by atoms with Crippen molar-refractivity contribution in [3.05, 3.63) is 20.8 Å². The second-order valence-corrected chi connectivity index (χ2v) is 5.93. The zero-order valence-electron chi connectivity index (χ0n) is 9.40. The minimum absolute atomic E-state index is 0.0470. The third-order valence-corrected chi connectivity index (χ3v) is 4.46. The van der Waals surface area contributed by atoms with Crippen LogP contribution in [0.25, 0.3) is 0 Å². The molecular weight excluding hydrogens is 304 g/mol. The first-order valence-electron chi connectivity index (χ1n) is 5.35. The van der Waals surface area contributed by atoms with Crippen molar-refractivity contribution >= 4 is 39.1 Å². The lowest BCUT2D eigenvalue weighted by atomic mass is 10.2. The predicted molar refractivity (Wildman–Crippen MR) is 70.2 cm³/mol. The lowest BCUT2D eigenvalue weighted by Crippen LogP contribution is -2.29. The number of amides is 2. The van der Waals surface area contributed by atoms with Gasteiger partial charge in [-0.05, 0) is 28.9 Å². The van der Waals surface area contributed by atoms with E-state index in [1.807, 2.05) is 11.4 Å². The van der Waals surface area contributed by atoms with Crippen LogP contribution in [0.3, 0.4) is 0 Å². The molecular formula is C11H13BrN2O2S. The number of carbonyl (C=O) groups is 2. The van der Waals surface area contributed by atoms with Gasteiger partial charge in [0.2, 0.25) is 0 Å². The van der Waals surface area contributed by atoms with Crippen molar-refractivity contribution in [2.24, 2.45) is 0 Å². The molecule has 1 unspecified atom stereocenters. The summed E-state index contributed by atoms with van der Waals surface area (Å²) in [5.74, 6) is 0.111. The minimum atomic E-state index is -0.0826. The molecule has 6 heteroatoms. The van der Waals surface area contributed by atoms with Crippen LogP contribution in [0.15, 0.2) is 15.9 Å². The highest BCUT2D eigenvalue weighted by Crippen LogP contribution is 2.28. The molecule has 2 rings (SSSR count). The second kappa shape index (κ2) is 5.18. The minimum Gasteiger partial charge on any atom is -0.329 e. The summed E-state index contributed by atoms with van der Waals surface area (Å²) in [6.07, 6.45) is 0.425. The van der Waals surface area contributed by atoms with Crippen molar-refractivity contribution in [1.82, 2.24) is 10.2 Å². The molecule has 1 fully saturated rings. The van der Waals surface area contributed by atoms with E-state index in [4.69, 9.17) is 0 Å². The Morgan fingerprint density at radius 1 is 1.71 bits per heavy atom. The molecule has 1 aromatic rings. The molecule has 4 nitrogen and oxygen atoms in total. The zero-order chi connectivity index (χ0) is 12.4. The Morgan fingerprint density at radius 2 is 2.47 bits per heavy atom. The quantitative estimate of drug-likeness (QED) is 0.928. The molecule has 0 bridgehead atoms. The van der Waals surface area contributed by atoms with E-state index in [1.54, 1.807) is 23.2 Å². The van der Waals surface area contributed by atoms with E-state index in [2.05, 4.69) is 21.2 Å². The van der Waals surface area contributed by atoms with Crippen LogP contribution in [0, 0.1) is 0 Å². The van der Waals surface area contributed by atoms with E-state index >= 15 is 0 Å². The topological polar surface area (TPSA) is 49.4 Å². The first kappa shape index (κ1) is 12.6. The summed E-state index contributed by atoms with van der Waals surface area (Å²) in [5, 5.41) is 4.92. The molecule has 1 atom stereocenters. The number of carbonyl (C=O) groups excluding carboxylic acids is 2. The maximum Gasteiger partial charge on any atom is 0.318 e. The van der Waals surface area contributed by atoms with E-state index in [-0.39, 0.29) is 17.9 Å². The van der Waals surface area contributed by atoms with Gasteiger partial charge in [0.15, 0.2) is 0 Å².